The standard InChI is InChI=1S/C14H19N3O2/c1-9(2)11(15)8-16-14(18)7-12-10-5-3-4-6-13(10)19-17-12/h3-6,9,11H,7-8,15H2,1-2H3,(H,16,18). The number of hydrogen-bond acceptors (Lipinski definition) is 4. The van der Waals surface area contributed by atoms with E-state index in [9.17, 15) is 4.79 Å². The van der Waals surface area contributed by atoms with E-state index in [1.54, 1.807) is 0 Å². The van der Waals surface area contributed by atoms with Crippen molar-refractivity contribution in [3.05, 3.63) is 30.0 Å². The maximum Gasteiger partial charge on any atom is 0.226 e. The number of para-hydroxylation sites is 1. The molecule has 2 aromatic rings. The molecule has 5 nitrogen and oxygen atoms in total. The monoisotopic (exact) mass is 261 g/mol. The van der Waals surface area contributed by atoms with Gasteiger partial charge >= 0.3 is 0 Å². The molecule has 1 heterocycles. The second-order valence-electron chi connectivity index (χ2n) is 5.01. The van der Waals surface area contributed by atoms with Gasteiger partial charge < -0.3 is 15.6 Å². The molecular weight excluding hydrogens is 242 g/mol. The van der Waals surface area contributed by atoms with Crippen LogP contribution in [0.25, 0.3) is 11.0 Å². The zero-order valence-electron chi connectivity index (χ0n) is 11.2. The van der Waals surface area contributed by atoms with Gasteiger partial charge in [0.25, 0.3) is 0 Å². The molecule has 0 aliphatic carbocycles. The van der Waals surface area contributed by atoms with E-state index in [-0.39, 0.29) is 18.4 Å². The van der Waals surface area contributed by atoms with Gasteiger partial charge in [-0.05, 0) is 18.1 Å². The third-order valence-electron chi connectivity index (χ3n) is 3.17. The van der Waals surface area contributed by atoms with E-state index in [0.717, 1.165) is 5.39 Å². The molecule has 0 saturated carbocycles. The van der Waals surface area contributed by atoms with Gasteiger partial charge in [-0.15, -0.1) is 0 Å². The van der Waals surface area contributed by atoms with Crippen molar-refractivity contribution in [1.29, 1.82) is 0 Å². The molecule has 2 rings (SSSR count). The molecule has 0 saturated heterocycles. The number of rotatable bonds is 5. The second-order valence-corrected chi connectivity index (χ2v) is 5.01. The Morgan fingerprint density at radius 2 is 2.16 bits per heavy atom. The summed E-state index contributed by atoms with van der Waals surface area (Å²) in [4.78, 5) is 11.8. The van der Waals surface area contributed by atoms with Gasteiger partial charge in [-0.2, -0.15) is 0 Å². The lowest BCUT2D eigenvalue weighted by Crippen LogP contribution is -2.40. The first kappa shape index (κ1) is 13.5. The average Bonchev–Trinajstić information content (AvgIpc) is 2.79. The molecule has 1 amide bonds. The topological polar surface area (TPSA) is 81.1 Å². The number of amides is 1. The molecular formula is C14H19N3O2. The van der Waals surface area contributed by atoms with Crippen molar-refractivity contribution in [1.82, 2.24) is 10.5 Å². The molecule has 0 aliphatic heterocycles. The van der Waals surface area contributed by atoms with Crippen LogP contribution in [0.4, 0.5) is 0 Å². The fourth-order valence-corrected chi connectivity index (χ4v) is 1.75. The van der Waals surface area contributed by atoms with E-state index in [0.29, 0.717) is 23.7 Å². The highest BCUT2D eigenvalue weighted by Gasteiger charge is 2.13. The minimum absolute atomic E-state index is 0.0296. The molecule has 1 atom stereocenters. The highest BCUT2D eigenvalue weighted by molar-refractivity contribution is 5.86. The number of hydrogen-bond donors (Lipinski definition) is 2. The number of carbonyl (C=O) groups excluding carboxylic acids is 1. The van der Waals surface area contributed by atoms with E-state index in [4.69, 9.17) is 10.3 Å². The van der Waals surface area contributed by atoms with Crippen LogP contribution in [0.1, 0.15) is 19.5 Å². The molecule has 19 heavy (non-hydrogen) atoms. The summed E-state index contributed by atoms with van der Waals surface area (Å²) >= 11 is 0. The van der Waals surface area contributed by atoms with Crippen molar-refractivity contribution in [3.8, 4) is 0 Å². The van der Waals surface area contributed by atoms with Gasteiger partial charge in [-0.1, -0.05) is 31.1 Å². The van der Waals surface area contributed by atoms with Crippen LogP contribution in [-0.4, -0.2) is 23.7 Å². The van der Waals surface area contributed by atoms with Crippen molar-refractivity contribution >= 4 is 16.9 Å². The Kier molecular flexibility index (Phi) is 4.16. The minimum atomic E-state index is -0.0878. The number of aromatic nitrogens is 1. The van der Waals surface area contributed by atoms with Gasteiger partial charge in [0.1, 0.15) is 5.69 Å². The van der Waals surface area contributed by atoms with Crippen molar-refractivity contribution in [2.75, 3.05) is 6.54 Å². The van der Waals surface area contributed by atoms with Crippen LogP contribution in [0.5, 0.6) is 0 Å². The Morgan fingerprint density at radius 1 is 1.42 bits per heavy atom. The van der Waals surface area contributed by atoms with Gasteiger partial charge in [0.15, 0.2) is 5.58 Å². The Balaban J connectivity index is 1.96. The lowest BCUT2D eigenvalue weighted by molar-refractivity contribution is -0.120. The quantitative estimate of drug-likeness (QED) is 0.854. The largest absolute Gasteiger partial charge is 0.356 e. The second kappa shape index (κ2) is 5.84. The number of nitrogens with two attached hydrogens (primary N) is 1. The number of benzene rings is 1. The summed E-state index contributed by atoms with van der Waals surface area (Å²) in [5.41, 5.74) is 7.24. The van der Waals surface area contributed by atoms with Crippen LogP contribution < -0.4 is 11.1 Å². The summed E-state index contributed by atoms with van der Waals surface area (Å²) in [5, 5.41) is 7.63. The van der Waals surface area contributed by atoms with Crippen LogP contribution >= 0.6 is 0 Å². The van der Waals surface area contributed by atoms with Crippen molar-refractivity contribution in [2.24, 2.45) is 11.7 Å². The minimum Gasteiger partial charge on any atom is -0.356 e. The van der Waals surface area contributed by atoms with Crippen LogP contribution in [0.3, 0.4) is 0 Å². The van der Waals surface area contributed by atoms with Gasteiger partial charge in [-0.25, -0.2) is 0 Å². The molecule has 1 unspecified atom stereocenters. The van der Waals surface area contributed by atoms with E-state index >= 15 is 0 Å². The highest BCUT2D eigenvalue weighted by Crippen LogP contribution is 2.17. The van der Waals surface area contributed by atoms with Gasteiger partial charge in [0.2, 0.25) is 5.91 Å². The summed E-state index contributed by atoms with van der Waals surface area (Å²) < 4.78 is 5.16. The predicted molar refractivity (Wildman–Crippen MR) is 73.5 cm³/mol. The van der Waals surface area contributed by atoms with Crippen LogP contribution in [0.15, 0.2) is 28.8 Å². The van der Waals surface area contributed by atoms with Crippen molar-refractivity contribution in [2.45, 2.75) is 26.3 Å². The third kappa shape index (κ3) is 3.32. The third-order valence-corrected chi connectivity index (χ3v) is 3.17. The predicted octanol–water partition coefficient (Wildman–Crippen LogP) is 1.47. The Morgan fingerprint density at radius 3 is 2.89 bits per heavy atom. The molecule has 0 spiro atoms. The molecule has 0 aliphatic rings. The molecule has 3 N–H and O–H groups in total. The molecule has 102 valence electrons. The summed E-state index contributed by atoms with van der Waals surface area (Å²) in [6.07, 6.45) is 0.210. The SMILES string of the molecule is CC(C)C(N)CNC(=O)Cc1noc2ccccc12. The number of carbonyl (C=O) groups is 1. The maximum absolute atomic E-state index is 11.8. The zero-order valence-corrected chi connectivity index (χ0v) is 11.2. The fraction of sp³-hybridized carbons (Fsp3) is 0.429. The normalized spacial score (nSPS) is 12.8. The molecule has 0 radical (unpaired) electrons. The van der Waals surface area contributed by atoms with E-state index in [1.165, 1.54) is 0 Å². The van der Waals surface area contributed by atoms with Gasteiger partial charge in [-0.3, -0.25) is 4.79 Å². The molecule has 1 aromatic carbocycles. The first-order valence-electron chi connectivity index (χ1n) is 6.43. The summed E-state index contributed by atoms with van der Waals surface area (Å²) in [5.74, 6) is 0.253. The molecule has 5 heteroatoms. The van der Waals surface area contributed by atoms with Gasteiger partial charge in [0, 0.05) is 18.0 Å². The van der Waals surface area contributed by atoms with Crippen LogP contribution in [0.2, 0.25) is 0 Å². The van der Waals surface area contributed by atoms with Crippen molar-refractivity contribution in [3.63, 3.8) is 0 Å². The summed E-state index contributed by atoms with van der Waals surface area (Å²) in [6.45, 7) is 4.54. The van der Waals surface area contributed by atoms with Crippen LogP contribution in [0, 0.1) is 5.92 Å². The Hall–Kier alpha value is -1.88. The lowest BCUT2D eigenvalue weighted by atomic mass is 10.1. The van der Waals surface area contributed by atoms with E-state index in [1.807, 2.05) is 38.1 Å². The number of nitrogens with one attached hydrogen (secondary N) is 1. The lowest BCUT2D eigenvalue weighted by Gasteiger charge is -2.15. The average molecular weight is 261 g/mol. The van der Waals surface area contributed by atoms with E-state index in [2.05, 4.69) is 10.5 Å². The zero-order chi connectivity index (χ0) is 13.8. The summed E-state index contributed by atoms with van der Waals surface area (Å²) in [6, 6.07) is 7.47. The molecule has 0 fully saturated rings. The Bertz CT molecular complexity index is 563. The van der Waals surface area contributed by atoms with Gasteiger partial charge in [0.05, 0.1) is 6.42 Å². The smallest absolute Gasteiger partial charge is 0.226 e. The molecule has 0 bridgehead atoms. The first-order chi connectivity index (χ1) is 9.08. The first-order valence-corrected chi connectivity index (χ1v) is 6.43. The summed E-state index contributed by atoms with van der Waals surface area (Å²) in [7, 11) is 0. The fourth-order valence-electron chi connectivity index (χ4n) is 1.75. The number of nitrogens with zero attached hydrogens (tertiary/aromatic N) is 1. The maximum atomic E-state index is 11.8. The van der Waals surface area contributed by atoms with Crippen LogP contribution in [-0.2, 0) is 11.2 Å². The van der Waals surface area contributed by atoms with E-state index < -0.39 is 0 Å². The highest BCUT2D eigenvalue weighted by atomic mass is 16.5. The van der Waals surface area contributed by atoms with Crippen molar-refractivity contribution < 1.29 is 9.32 Å². The molecule has 1 aromatic heterocycles. The Labute approximate surface area is 112 Å². The number of fused-ring (bicyclic) bond motifs is 1.